The van der Waals surface area contributed by atoms with Crippen molar-refractivity contribution in [1.29, 1.82) is 0 Å². The Morgan fingerprint density at radius 3 is 2.95 bits per heavy atom. The number of rotatable bonds is 1. The first kappa shape index (κ1) is 11.4. The highest BCUT2D eigenvalue weighted by Gasteiger charge is 2.19. The summed E-state index contributed by atoms with van der Waals surface area (Å²) >= 11 is 0. The topological polar surface area (TPSA) is 18.5 Å². The van der Waals surface area contributed by atoms with Gasteiger partial charge in [-0.2, -0.15) is 0 Å². The Morgan fingerprint density at radius 2 is 1.95 bits per heavy atom. The molecule has 0 amide bonds. The summed E-state index contributed by atoms with van der Waals surface area (Å²) in [5.74, 6) is 1.65. The van der Waals surface area contributed by atoms with E-state index in [1.165, 1.54) is 5.56 Å². The van der Waals surface area contributed by atoms with Crippen LogP contribution in [0.5, 0.6) is 5.75 Å². The second-order valence-corrected chi connectivity index (χ2v) is 4.79. The molecule has 2 aromatic rings. The maximum atomic E-state index is 5.67. The average Bonchev–Trinajstić information content (AvgIpc) is 2.54. The lowest BCUT2D eigenvalue weighted by atomic mass is 9.99. The third kappa shape index (κ3) is 1.81. The fourth-order valence-corrected chi connectivity index (χ4v) is 2.50. The molecule has 0 saturated carbocycles. The SMILES string of the molecule is [C]1OC(c2cccc3c2OC=CC3)=Cc2ccccc21. The van der Waals surface area contributed by atoms with Gasteiger partial charge in [0.1, 0.15) is 11.5 Å². The van der Waals surface area contributed by atoms with E-state index < -0.39 is 0 Å². The molecule has 0 unspecified atom stereocenters. The maximum Gasteiger partial charge on any atom is 0.231 e. The van der Waals surface area contributed by atoms with Crippen molar-refractivity contribution in [2.75, 3.05) is 0 Å². The van der Waals surface area contributed by atoms with Gasteiger partial charge in [0.05, 0.1) is 11.8 Å². The van der Waals surface area contributed by atoms with Gasteiger partial charge in [0, 0.05) is 5.56 Å². The van der Waals surface area contributed by atoms with Crippen LogP contribution < -0.4 is 4.74 Å². The summed E-state index contributed by atoms with van der Waals surface area (Å²) in [5.41, 5.74) is 4.22. The first-order chi connectivity index (χ1) is 9.92. The van der Waals surface area contributed by atoms with Gasteiger partial charge in [-0.1, -0.05) is 36.4 Å². The van der Waals surface area contributed by atoms with Gasteiger partial charge < -0.3 is 9.47 Å². The van der Waals surface area contributed by atoms with Crippen LogP contribution in [0.3, 0.4) is 0 Å². The van der Waals surface area contributed by atoms with Crippen LogP contribution in [-0.4, -0.2) is 0 Å². The summed E-state index contributed by atoms with van der Waals surface area (Å²) < 4.78 is 11.3. The lowest BCUT2D eigenvalue weighted by molar-refractivity contribution is 0.378. The van der Waals surface area contributed by atoms with E-state index in [2.05, 4.69) is 18.7 Å². The zero-order valence-electron chi connectivity index (χ0n) is 10.8. The van der Waals surface area contributed by atoms with Crippen LogP contribution in [0, 0.1) is 6.61 Å². The normalized spacial score (nSPS) is 15.5. The number of fused-ring (bicyclic) bond motifs is 2. The number of ether oxygens (including phenoxy) is 2. The summed E-state index contributed by atoms with van der Waals surface area (Å²) in [5, 5.41) is 0. The molecule has 20 heavy (non-hydrogen) atoms. The third-order valence-corrected chi connectivity index (χ3v) is 3.50. The molecule has 0 aromatic heterocycles. The quantitative estimate of drug-likeness (QED) is 0.770. The van der Waals surface area contributed by atoms with Crippen LogP contribution in [0.4, 0.5) is 0 Å². The van der Waals surface area contributed by atoms with E-state index in [0.29, 0.717) is 0 Å². The van der Waals surface area contributed by atoms with Crippen molar-refractivity contribution in [3.05, 3.63) is 83.7 Å². The van der Waals surface area contributed by atoms with Crippen molar-refractivity contribution in [1.82, 2.24) is 0 Å². The highest BCUT2D eigenvalue weighted by molar-refractivity contribution is 5.83. The van der Waals surface area contributed by atoms with E-state index in [1.807, 2.05) is 42.5 Å². The van der Waals surface area contributed by atoms with Crippen LogP contribution in [-0.2, 0) is 11.2 Å². The molecule has 96 valence electrons. The Kier molecular flexibility index (Phi) is 2.59. The molecule has 0 atom stereocenters. The Balaban J connectivity index is 1.82. The minimum absolute atomic E-state index is 0.774. The van der Waals surface area contributed by atoms with E-state index in [1.54, 1.807) is 6.26 Å². The average molecular weight is 260 g/mol. The largest absolute Gasteiger partial charge is 0.472 e. The van der Waals surface area contributed by atoms with Gasteiger partial charge >= 0.3 is 0 Å². The van der Waals surface area contributed by atoms with E-state index >= 15 is 0 Å². The van der Waals surface area contributed by atoms with Crippen molar-refractivity contribution in [3.63, 3.8) is 0 Å². The molecule has 4 rings (SSSR count). The maximum absolute atomic E-state index is 5.67. The second-order valence-electron chi connectivity index (χ2n) is 4.79. The van der Waals surface area contributed by atoms with E-state index in [-0.39, 0.29) is 0 Å². The Hall–Kier alpha value is -2.48. The van der Waals surface area contributed by atoms with Crippen molar-refractivity contribution >= 4 is 11.8 Å². The van der Waals surface area contributed by atoms with Gasteiger partial charge in [-0.15, -0.1) is 0 Å². The molecule has 2 radical (unpaired) electrons. The Labute approximate surface area is 118 Å². The van der Waals surface area contributed by atoms with Gasteiger partial charge in [-0.25, -0.2) is 0 Å². The zero-order valence-corrected chi connectivity index (χ0v) is 10.8. The minimum Gasteiger partial charge on any atom is -0.472 e. The third-order valence-electron chi connectivity index (χ3n) is 3.50. The van der Waals surface area contributed by atoms with Gasteiger partial charge in [-0.3, -0.25) is 0 Å². The molecule has 2 heteroatoms. The molecule has 0 saturated heterocycles. The second kappa shape index (κ2) is 4.57. The number of hydrogen-bond donors (Lipinski definition) is 0. The van der Waals surface area contributed by atoms with Crippen molar-refractivity contribution in [3.8, 4) is 5.75 Å². The molecular weight excluding hydrogens is 248 g/mol. The first-order valence-electron chi connectivity index (χ1n) is 6.59. The van der Waals surface area contributed by atoms with Crippen molar-refractivity contribution in [2.24, 2.45) is 0 Å². The molecular formula is C18H12O2. The number of benzene rings is 2. The summed E-state index contributed by atoms with van der Waals surface area (Å²) in [6, 6.07) is 14.2. The molecule has 0 aliphatic carbocycles. The van der Waals surface area contributed by atoms with E-state index in [4.69, 9.17) is 9.47 Å². The number of para-hydroxylation sites is 1. The number of allylic oxidation sites excluding steroid dienone is 1. The molecule has 0 bridgehead atoms. The monoisotopic (exact) mass is 260 g/mol. The molecule has 2 aliphatic rings. The molecule has 2 nitrogen and oxygen atoms in total. The van der Waals surface area contributed by atoms with Crippen LogP contribution in [0.1, 0.15) is 22.3 Å². The molecule has 0 N–H and O–H groups in total. The van der Waals surface area contributed by atoms with Crippen LogP contribution in [0.25, 0.3) is 11.8 Å². The first-order valence-corrected chi connectivity index (χ1v) is 6.59. The van der Waals surface area contributed by atoms with E-state index in [0.717, 1.165) is 34.6 Å². The summed E-state index contributed by atoms with van der Waals surface area (Å²) in [4.78, 5) is 0. The fraction of sp³-hybridized carbons (Fsp3) is 0.0556. The van der Waals surface area contributed by atoms with Crippen LogP contribution >= 0.6 is 0 Å². The molecule has 2 aromatic carbocycles. The van der Waals surface area contributed by atoms with Crippen molar-refractivity contribution in [2.45, 2.75) is 6.42 Å². The predicted octanol–water partition coefficient (Wildman–Crippen LogP) is 4.05. The molecule has 0 fully saturated rings. The summed E-state index contributed by atoms with van der Waals surface area (Å²) in [6.45, 7) is 2.98. The summed E-state index contributed by atoms with van der Waals surface area (Å²) in [6.07, 6.45) is 6.66. The fourth-order valence-electron chi connectivity index (χ4n) is 2.50. The molecule has 0 spiro atoms. The number of hydrogen-bond acceptors (Lipinski definition) is 2. The van der Waals surface area contributed by atoms with Gasteiger partial charge in [0.2, 0.25) is 6.61 Å². The Morgan fingerprint density at radius 1 is 1.00 bits per heavy atom. The summed E-state index contributed by atoms with van der Waals surface area (Å²) in [7, 11) is 0. The van der Waals surface area contributed by atoms with E-state index in [9.17, 15) is 0 Å². The smallest absolute Gasteiger partial charge is 0.231 e. The lowest BCUT2D eigenvalue weighted by Crippen LogP contribution is -2.04. The van der Waals surface area contributed by atoms with Crippen LogP contribution in [0.2, 0.25) is 0 Å². The highest BCUT2D eigenvalue weighted by Crippen LogP contribution is 2.37. The lowest BCUT2D eigenvalue weighted by Gasteiger charge is -2.20. The van der Waals surface area contributed by atoms with Crippen molar-refractivity contribution < 1.29 is 9.47 Å². The molecule has 2 heterocycles. The zero-order chi connectivity index (χ0) is 13.4. The van der Waals surface area contributed by atoms with Gasteiger partial charge in [0.15, 0.2) is 0 Å². The highest BCUT2D eigenvalue weighted by atomic mass is 16.5. The molecule has 2 aliphatic heterocycles. The van der Waals surface area contributed by atoms with Gasteiger partial charge in [0.25, 0.3) is 0 Å². The standard InChI is InChI=1S/C18H12O2/c1-2-6-15-12-20-17(11-14(15)5-1)16-9-3-7-13-8-4-10-19-18(13)16/h1-7,9-11H,8H2. The predicted molar refractivity (Wildman–Crippen MR) is 77.7 cm³/mol. The Bertz CT molecular complexity index is 726. The van der Waals surface area contributed by atoms with Crippen LogP contribution in [0.15, 0.2) is 54.8 Å². The van der Waals surface area contributed by atoms with Gasteiger partial charge in [-0.05, 0) is 35.8 Å². The minimum atomic E-state index is 0.774.